The Hall–Kier alpha value is -0.900. The molecule has 0 bridgehead atoms. The predicted octanol–water partition coefficient (Wildman–Crippen LogP) is 7.08. The van der Waals surface area contributed by atoms with Gasteiger partial charge in [-0.15, -0.1) is 0 Å². The fourth-order valence-electron chi connectivity index (χ4n) is 2.43. The number of hydrogen-bond donors (Lipinski definition) is 0. The van der Waals surface area contributed by atoms with E-state index in [4.69, 9.17) is 46.4 Å². The minimum Gasteiger partial charge on any atom is -0.289 e. The average Bonchev–Trinajstić information content (AvgIpc) is 2.58. The molecule has 3 rings (SSSR count). The third-order valence-electron chi connectivity index (χ3n) is 3.67. The zero-order valence-corrected chi connectivity index (χ0v) is 16.7. The maximum Gasteiger partial charge on any atom is 0.186 e. The van der Waals surface area contributed by atoms with E-state index in [1.165, 1.54) is 0 Å². The Balaban J connectivity index is 1.89. The van der Waals surface area contributed by atoms with Gasteiger partial charge in [0.05, 0.1) is 20.1 Å². The summed E-state index contributed by atoms with van der Waals surface area (Å²) in [7, 11) is 0. The Bertz CT molecular complexity index is 831. The fourth-order valence-corrected chi connectivity index (χ4v) is 4.01. The molecule has 0 amide bonds. The summed E-state index contributed by atoms with van der Waals surface area (Å²) in [6, 6.07) is 10.6. The first-order valence-corrected chi connectivity index (χ1v) is 10.0. The SMILES string of the molecule is O=C1C(=Cc2ccc(Cl)c(Cl)c2)CSCC1=Cc1ccc(Cl)c(Cl)c1. The van der Waals surface area contributed by atoms with Crippen LogP contribution in [0.2, 0.25) is 20.1 Å². The van der Waals surface area contributed by atoms with Crippen LogP contribution in [0.25, 0.3) is 12.2 Å². The van der Waals surface area contributed by atoms with Gasteiger partial charge in [-0.1, -0.05) is 58.5 Å². The van der Waals surface area contributed by atoms with Gasteiger partial charge in [-0.25, -0.2) is 0 Å². The molecule has 0 spiro atoms. The minimum atomic E-state index is 0.0379. The second kappa shape index (κ2) is 8.20. The van der Waals surface area contributed by atoms with E-state index in [2.05, 4.69) is 0 Å². The average molecular weight is 430 g/mol. The molecule has 1 fully saturated rings. The normalized spacial score (nSPS) is 18.2. The molecule has 1 heterocycles. The molecular weight excluding hydrogens is 418 g/mol. The van der Waals surface area contributed by atoms with Gasteiger partial charge in [0.2, 0.25) is 0 Å². The molecule has 2 aromatic rings. The molecule has 1 nitrogen and oxygen atoms in total. The Kier molecular flexibility index (Phi) is 6.19. The van der Waals surface area contributed by atoms with E-state index < -0.39 is 0 Å². The Labute approximate surface area is 170 Å². The van der Waals surface area contributed by atoms with E-state index in [9.17, 15) is 4.79 Å². The first-order chi connectivity index (χ1) is 11.9. The lowest BCUT2D eigenvalue weighted by Crippen LogP contribution is -2.16. The van der Waals surface area contributed by atoms with E-state index in [1.54, 1.807) is 36.0 Å². The monoisotopic (exact) mass is 428 g/mol. The quantitative estimate of drug-likeness (QED) is 0.474. The molecule has 0 radical (unpaired) electrons. The summed E-state index contributed by atoms with van der Waals surface area (Å²) in [6.45, 7) is 0. The number of hydrogen-bond acceptors (Lipinski definition) is 2. The number of rotatable bonds is 2. The van der Waals surface area contributed by atoms with Crippen molar-refractivity contribution in [1.82, 2.24) is 0 Å². The zero-order valence-electron chi connectivity index (χ0n) is 12.9. The van der Waals surface area contributed by atoms with Gasteiger partial charge in [-0.05, 0) is 47.5 Å². The van der Waals surface area contributed by atoms with Crippen molar-refractivity contribution in [3.8, 4) is 0 Å². The number of Topliss-reactive ketones (excluding diaryl/α,β-unsaturated/α-hetero) is 1. The van der Waals surface area contributed by atoms with Crippen LogP contribution in [0.5, 0.6) is 0 Å². The maximum absolute atomic E-state index is 12.8. The van der Waals surface area contributed by atoms with Gasteiger partial charge < -0.3 is 0 Å². The second-order valence-corrected chi connectivity index (χ2v) is 8.12. The lowest BCUT2D eigenvalue weighted by molar-refractivity contribution is -0.112. The van der Waals surface area contributed by atoms with Gasteiger partial charge in [0.15, 0.2) is 5.78 Å². The highest BCUT2D eigenvalue weighted by Gasteiger charge is 2.21. The number of benzene rings is 2. The van der Waals surface area contributed by atoms with E-state index in [-0.39, 0.29) is 5.78 Å². The molecule has 0 saturated carbocycles. The van der Waals surface area contributed by atoms with Crippen LogP contribution in [0.1, 0.15) is 11.1 Å². The van der Waals surface area contributed by atoms with Crippen molar-refractivity contribution < 1.29 is 4.79 Å². The Morgan fingerprint density at radius 3 is 1.56 bits per heavy atom. The number of ketones is 1. The molecule has 2 aromatic carbocycles. The Morgan fingerprint density at radius 1 is 0.720 bits per heavy atom. The zero-order chi connectivity index (χ0) is 18.0. The third kappa shape index (κ3) is 4.64. The maximum atomic E-state index is 12.8. The third-order valence-corrected chi connectivity index (χ3v) is 6.18. The van der Waals surface area contributed by atoms with Crippen LogP contribution in [0, 0.1) is 0 Å². The van der Waals surface area contributed by atoms with Gasteiger partial charge in [0.25, 0.3) is 0 Å². The second-order valence-electron chi connectivity index (χ2n) is 5.51. The molecule has 0 N–H and O–H groups in total. The largest absolute Gasteiger partial charge is 0.289 e. The molecule has 1 aliphatic heterocycles. The van der Waals surface area contributed by atoms with Crippen molar-refractivity contribution in [3.05, 3.63) is 78.8 Å². The molecule has 0 aromatic heterocycles. The number of carbonyl (C=O) groups is 1. The van der Waals surface area contributed by atoms with E-state index in [1.807, 2.05) is 24.3 Å². The lowest BCUT2D eigenvalue weighted by Gasteiger charge is -2.16. The Morgan fingerprint density at radius 2 is 1.16 bits per heavy atom. The van der Waals surface area contributed by atoms with Crippen LogP contribution in [0.3, 0.4) is 0 Å². The van der Waals surface area contributed by atoms with Crippen molar-refractivity contribution in [1.29, 1.82) is 0 Å². The summed E-state index contributed by atoms with van der Waals surface area (Å²) in [4.78, 5) is 12.8. The van der Waals surface area contributed by atoms with Gasteiger partial charge in [0, 0.05) is 22.7 Å². The first kappa shape index (κ1) is 18.9. The summed E-state index contributed by atoms with van der Waals surface area (Å²) in [5.74, 6) is 1.37. The van der Waals surface area contributed by atoms with Crippen molar-refractivity contribution in [2.45, 2.75) is 0 Å². The minimum absolute atomic E-state index is 0.0379. The summed E-state index contributed by atoms with van der Waals surface area (Å²) in [5, 5.41) is 1.93. The van der Waals surface area contributed by atoms with E-state index >= 15 is 0 Å². The summed E-state index contributed by atoms with van der Waals surface area (Å²) in [6.07, 6.45) is 3.72. The highest BCUT2D eigenvalue weighted by atomic mass is 35.5. The van der Waals surface area contributed by atoms with Gasteiger partial charge in [0.1, 0.15) is 0 Å². The molecular formula is C19H12Cl4OS. The van der Waals surface area contributed by atoms with E-state index in [0.29, 0.717) is 31.6 Å². The molecule has 1 aliphatic rings. The van der Waals surface area contributed by atoms with Gasteiger partial charge in [-0.3, -0.25) is 4.79 Å². The summed E-state index contributed by atoms with van der Waals surface area (Å²) >= 11 is 25.7. The standard InChI is InChI=1S/C19H12Cl4OS/c20-15-3-1-11(7-17(15)22)5-13-9-25-10-14(19(13)24)6-12-2-4-16(21)18(23)8-12/h1-8H,9-10H2. The van der Waals surface area contributed by atoms with E-state index in [0.717, 1.165) is 22.3 Å². The van der Waals surface area contributed by atoms with Crippen LogP contribution in [-0.4, -0.2) is 17.3 Å². The molecule has 0 atom stereocenters. The molecule has 25 heavy (non-hydrogen) atoms. The van der Waals surface area contributed by atoms with Crippen LogP contribution in [0.4, 0.5) is 0 Å². The smallest absolute Gasteiger partial charge is 0.186 e. The van der Waals surface area contributed by atoms with Crippen molar-refractivity contribution >= 4 is 76.1 Å². The fraction of sp³-hybridized carbons (Fsp3) is 0.105. The van der Waals surface area contributed by atoms with Crippen LogP contribution >= 0.6 is 58.2 Å². The number of halogens is 4. The van der Waals surface area contributed by atoms with Crippen molar-refractivity contribution in [2.75, 3.05) is 11.5 Å². The van der Waals surface area contributed by atoms with Gasteiger partial charge in [-0.2, -0.15) is 11.8 Å². The predicted molar refractivity (Wildman–Crippen MR) is 111 cm³/mol. The highest BCUT2D eigenvalue weighted by molar-refractivity contribution is 7.99. The molecule has 6 heteroatoms. The summed E-state index contributed by atoms with van der Waals surface area (Å²) in [5.41, 5.74) is 3.19. The van der Waals surface area contributed by atoms with Crippen molar-refractivity contribution in [3.63, 3.8) is 0 Å². The number of thioether (sulfide) groups is 1. The first-order valence-electron chi connectivity index (χ1n) is 7.38. The highest BCUT2D eigenvalue weighted by Crippen LogP contribution is 2.30. The molecule has 0 unspecified atom stereocenters. The lowest BCUT2D eigenvalue weighted by atomic mass is 10.0. The van der Waals surface area contributed by atoms with Crippen LogP contribution < -0.4 is 0 Å². The van der Waals surface area contributed by atoms with Crippen LogP contribution in [0.15, 0.2) is 47.5 Å². The molecule has 1 saturated heterocycles. The molecule has 0 aliphatic carbocycles. The van der Waals surface area contributed by atoms with Crippen molar-refractivity contribution in [2.24, 2.45) is 0 Å². The van der Waals surface area contributed by atoms with Crippen LogP contribution in [-0.2, 0) is 4.79 Å². The number of carbonyl (C=O) groups excluding carboxylic acids is 1. The summed E-state index contributed by atoms with van der Waals surface area (Å²) < 4.78 is 0. The van der Waals surface area contributed by atoms with Gasteiger partial charge >= 0.3 is 0 Å². The molecule has 128 valence electrons. The topological polar surface area (TPSA) is 17.1 Å².